The van der Waals surface area contributed by atoms with Crippen molar-refractivity contribution in [2.45, 2.75) is 27.1 Å². The Bertz CT molecular complexity index is 1270. The Labute approximate surface area is 177 Å². The summed E-state index contributed by atoms with van der Waals surface area (Å²) < 4.78 is 29.6. The highest BCUT2D eigenvalue weighted by molar-refractivity contribution is 5.98. The average Bonchev–Trinajstić information content (AvgIpc) is 3.23. The Balaban J connectivity index is 1.56. The van der Waals surface area contributed by atoms with Crippen molar-refractivity contribution in [1.82, 2.24) is 15.1 Å². The van der Waals surface area contributed by atoms with E-state index in [1.807, 2.05) is 31.2 Å². The van der Waals surface area contributed by atoms with Crippen LogP contribution in [0.15, 0.2) is 47.0 Å². The lowest BCUT2D eigenvalue weighted by Gasteiger charge is -2.13. The molecule has 0 amide bonds. The third-order valence-corrected chi connectivity index (χ3v) is 4.94. The Hall–Kier alpha value is -3.65. The maximum absolute atomic E-state index is 13.8. The van der Waals surface area contributed by atoms with E-state index in [1.165, 1.54) is 13.2 Å². The number of methoxy groups -OCH3 is 1. The van der Waals surface area contributed by atoms with Crippen molar-refractivity contribution in [1.29, 1.82) is 0 Å². The number of aryl methyl sites for hydroxylation is 2. The van der Waals surface area contributed by atoms with Crippen LogP contribution in [0.4, 0.5) is 4.39 Å². The summed E-state index contributed by atoms with van der Waals surface area (Å²) in [5.74, 6) is -0.609. The quantitative estimate of drug-likeness (QED) is 0.422. The van der Waals surface area contributed by atoms with E-state index >= 15 is 0 Å². The van der Waals surface area contributed by atoms with Gasteiger partial charge in [-0.25, -0.2) is 14.2 Å². The number of fused-ring (bicyclic) bond motifs is 1. The standard InChI is InChI=1S/C23H20FN3O4/c1-13-8-9-15(10-17(13)24)22-26-20(31-27-22)12-30-23(28)21-14(2)16-6-4-5-7-18(16)25-19(21)11-29-3/h4-10H,11-12H2,1-3H3. The van der Waals surface area contributed by atoms with E-state index in [0.717, 1.165) is 16.5 Å². The van der Waals surface area contributed by atoms with Crippen LogP contribution < -0.4 is 0 Å². The summed E-state index contributed by atoms with van der Waals surface area (Å²) in [5.41, 5.74) is 3.36. The van der Waals surface area contributed by atoms with Crippen molar-refractivity contribution >= 4 is 16.9 Å². The second-order valence-electron chi connectivity index (χ2n) is 7.06. The van der Waals surface area contributed by atoms with Gasteiger partial charge >= 0.3 is 5.97 Å². The van der Waals surface area contributed by atoms with Crippen LogP contribution in [0.5, 0.6) is 0 Å². The van der Waals surface area contributed by atoms with Gasteiger partial charge in [0.2, 0.25) is 5.82 Å². The number of hydrogen-bond acceptors (Lipinski definition) is 7. The molecule has 0 unspecified atom stereocenters. The molecule has 31 heavy (non-hydrogen) atoms. The molecule has 0 saturated carbocycles. The van der Waals surface area contributed by atoms with Crippen LogP contribution in [-0.4, -0.2) is 28.2 Å². The summed E-state index contributed by atoms with van der Waals surface area (Å²) in [6.07, 6.45) is 0. The summed E-state index contributed by atoms with van der Waals surface area (Å²) in [6.45, 7) is 3.46. The van der Waals surface area contributed by atoms with E-state index < -0.39 is 5.97 Å². The molecule has 4 aromatic rings. The molecule has 2 aromatic carbocycles. The number of carbonyl (C=O) groups excluding carboxylic acids is 1. The second kappa shape index (κ2) is 8.61. The molecule has 0 saturated heterocycles. The van der Waals surface area contributed by atoms with Gasteiger partial charge in [0.05, 0.1) is 23.4 Å². The van der Waals surface area contributed by atoms with Gasteiger partial charge in [-0.15, -0.1) is 0 Å². The Kier molecular flexibility index (Phi) is 5.73. The largest absolute Gasteiger partial charge is 0.452 e. The number of nitrogens with zero attached hydrogens (tertiary/aromatic N) is 3. The molecule has 0 aliphatic rings. The van der Waals surface area contributed by atoms with E-state index in [4.69, 9.17) is 14.0 Å². The third-order valence-electron chi connectivity index (χ3n) is 4.94. The Morgan fingerprint density at radius 1 is 1.10 bits per heavy atom. The molecule has 2 aromatic heterocycles. The number of hydrogen-bond donors (Lipinski definition) is 0. The minimum absolute atomic E-state index is 0.101. The van der Waals surface area contributed by atoms with Gasteiger partial charge in [-0.2, -0.15) is 4.98 Å². The molecule has 0 atom stereocenters. The summed E-state index contributed by atoms with van der Waals surface area (Å²) >= 11 is 0. The molecule has 0 aliphatic carbocycles. The summed E-state index contributed by atoms with van der Waals surface area (Å²) in [6, 6.07) is 12.2. The average molecular weight is 421 g/mol. The van der Waals surface area contributed by atoms with Crippen LogP contribution >= 0.6 is 0 Å². The van der Waals surface area contributed by atoms with E-state index in [9.17, 15) is 9.18 Å². The molecule has 2 heterocycles. The fourth-order valence-electron chi connectivity index (χ4n) is 3.31. The fourth-order valence-corrected chi connectivity index (χ4v) is 3.31. The summed E-state index contributed by atoms with van der Waals surface area (Å²) in [4.78, 5) is 21.6. The maximum Gasteiger partial charge on any atom is 0.340 e. The number of benzene rings is 2. The minimum Gasteiger partial charge on any atom is -0.452 e. The van der Waals surface area contributed by atoms with Crippen molar-refractivity contribution in [2.24, 2.45) is 0 Å². The number of aromatic nitrogens is 3. The zero-order valence-corrected chi connectivity index (χ0v) is 17.3. The SMILES string of the molecule is COCc1nc2ccccc2c(C)c1C(=O)OCc1nc(-c2ccc(C)c(F)c2)no1. The number of para-hydroxylation sites is 1. The van der Waals surface area contributed by atoms with Crippen molar-refractivity contribution in [3.63, 3.8) is 0 Å². The molecule has 8 heteroatoms. The van der Waals surface area contributed by atoms with E-state index in [-0.39, 0.29) is 30.7 Å². The highest BCUT2D eigenvalue weighted by Crippen LogP contribution is 2.25. The lowest BCUT2D eigenvalue weighted by Crippen LogP contribution is -2.13. The fraction of sp³-hybridized carbons (Fsp3) is 0.217. The molecule has 158 valence electrons. The van der Waals surface area contributed by atoms with Crippen molar-refractivity contribution in [3.8, 4) is 11.4 Å². The van der Waals surface area contributed by atoms with Gasteiger partial charge in [0.25, 0.3) is 5.89 Å². The van der Waals surface area contributed by atoms with E-state index in [2.05, 4.69) is 15.1 Å². The van der Waals surface area contributed by atoms with Crippen LogP contribution in [0.3, 0.4) is 0 Å². The lowest BCUT2D eigenvalue weighted by atomic mass is 10.0. The monoisotopic (exact) mass is 421 g/mol. The molecule has 4 rings (SSSR count). The zero-order chi connectivity index (χ0) is 22.0. The van der Waals surface area contributed by atoms with Crippen LogP contribution in [0.2, 0.25) is 0 Å². The number of ether oxygens (including phenoxy) is 2. The van der Waals surface area contributed by atoms with Gasteiger partial charge in [-0.1, -0.05) is 35.5 Å². The number of esters is 1. The highest BCUT2D eigenvalue weighted by atomic mass is 19.1. The molecular weight excluding hydrogens is 401 g/mol. The molecule has 7 nitrogen and oxygen atoms in total. The zero-order valence-electron chi connectivity index (χ0n) is 17.3. The highest BCUT2D eigenvalue weighted by Gasteiger charge is 2.21. The van der Waals surface area contributed by atoms with Crippen molar-refractivity contribution < 1.29 is 23.2 Å². The first-order valence-electron chi connectivity index (χ1n) is 9.61. The van der Waals surface area contributed by atoms with E-state index in [1.54, 1.807) is 19.1 Å². The van der Waals surface area contributed by atoms with Crippen LogP contribution in [-0.2, 0) is 22.7 Å². The molecule has 0 N–H and O–H groups in total. The predicted molar refractivity (Wildman–Crippen MR) is 111 cm³/mol. The molecular formula is C23H20FN3O4. The summed E-state index contributed by atoms with van der Waals surface area (Å²) in [5, 5.41) is 4.69. The first-order chi connectivity index (χ1) is 15.0. The molecule has 0 aliphatic heterocycles. The predicted octanol–water partition coefficient (Wildman–Crippen LogP) is 4.54. The smallest absolute Gasteiger partial charge is 0.340 e. The van der Waals surface area contributed by atoms with Crippen LogP contribution in [0.25, 0.3) is 22.3 Å². The number of rotatable bonds is 6. The van der Waals surface area contributed by atoms with Crippen LogP contribution in [0, 0.1) is 19.7 Å². The lowest BCUT2D eigenvalue weighted by molar-refractivity contribution is 0.0423. The third kappa shape index (κ3) is 4.15. The first kappa shape index (κ1) is 20.6. The summed E-state index contributed by atoms with van der Waals surface area (Å²) in [7, 11) is 1.54. The van der Waals surface area contributed by atoms with Gasteiger partial charge in [-0.05, 0) is 37.1 Å². The maximum atomic E-state index is 13.8. The van der Waals surface area contributed by atoms with Gasteiger partial charge < -0.3 is 14.0 Å². The molecule has 0 bridgehead atoms. The Morgan fingerprint density at radius 3 is 2.68 bits per heavy atom. The number of halogens is 1. The molecule has 0 fully saturated rings. The number of pyridine rings is 1. The van der Waals surface area contributed by atoms with Gasteiger partial charge in [0.15, 0.2) is 6.61 Å². The Morgan fingerprint density at radius 2 is 1.90 bits per heavy atom. The number of carbonyl (C=O) groups is 1. The van der Waals surface area contributed by atoms with E-state index in [0.29, 0.717) is 22.4 Å². The van der Waals surface area contributed by atoms with Crippen molar-refractivity contribution in [3.05, 3.63) is 76.6 Å². The normalized spacial score (nSPS) is 11.1. The molecule has 0 radical (unpaired) electrons. The van der Waals surface area contributed by atoms with Crippen LogP contribution in [0.1, 0.15) is 33.1 Å². The van der Waals surface area contributed by atoms with Gasteiger partial charge in [-0.3, -0.25) is 0 Å². The topological polar surface area (TPSA) is 87.3 Å². The van der Waals surface area contributed by atoms with Gasteiger partial charge in [0.1, 0.15) is 5.82 Å². The van der Waals surface area contributed by atoms with Crippen molar-refractivity contribution in [2.75, 3.05) is 7.11 Å². The second-order valence-corrected chi connectivity index (χ2v) is 7.06. The first-order valence-corrected chi connectivity index (χ1v) is 9.61. The van der Waals surface area contributed by atoms with Gasteiger partial charge in [0, 0.05) is 18.1 Å². The molecule has 0 spiro atoms. The minimum atomic E-state index is -0.566.